The van der Waals surface area contributed by atoms with Crippen molar-refractivity contribution in [1.82, 2.24) is 5.32 Å². The summed E-state index contributed by atoms with van der Waals surface area (Å²) in [6, 6.07) is 0. The molecule has 4 heteroatoms. The van der Waals surface area contributed by atoms with Gasteiger partial charge >= 0.3 is 0 Å². The van der Waals surface area contributed by atoms with Gasteiger partial charge in [-0.05, 0) is 12.8 Å². The minimum Gasteiger partial charge on any atom is -0.356 e. The number of hydrogen-bond donors (Lipinski definition) is 2. The lowest BCUT2D eigenvalue weighted by molar-refractivity contribution is -0.121. The van der Waals surface area contributed by atoms with Gasteiger partial charge in [0.25, 0.3) is 0 Å². The summed E-state index contributed by atoms with van der Waals surface area (Å²) in [4.78, 5) is 15.2. The summed E-state index contributed by atoms with van der Waals surface area (Å²) in [6.45, 7) is 3.12. The van der Waals surface area contributed by atoms with Gasteiger partial charge in [-0.3, -0.25) is 4.79 Å². The fraction of sp³-hybridized carbons (Fsp3) is 0.857. The standard InChI is InChI=1S/C7H16N2O2/c1-2-4-7(10)9-5-3-6-11-8/h2-6,8H2,1H3,(H,9,10). The predicted octanol–water partition coefficient (Wildman–Crippen LogP) is 0.183. The van der Waals surface area contributed by atoms with Gasteiger partial charge < -0.3 is 10.2 Å². The molecule has 0 saturated heterocycles. The molecule has 3 N–H and O–H groups in total. The first-order valence-electron chi connectivity index (χ1n) is 3.89. The van der Waals surface area contributed by atoms with Crippen molar-refractivity contribution in [2.75, 3.05) is 13.2 Å². The van der Waals surface area contributed by atoms with Gasteiger partial charge in [-0.25, -0.2) is 5.90 Å². The van der Waals surface area contributed by atoms with Crippen LogP contribution < -0.4 is 11.2 Å². The maximum absolute atomic E-state index is 10.8. The van der Waals surface area contributed by atoms with E-state index in [4.69, 9.17) is 5.90 Å². The van der Waals surface area contributed by atoms with Crippen molar-refractivity contribution in [3.05, 3.63) is 0 Å². The molecule has 0 rings (SSSR count). The van der Waals surface area contributed by atoms with Crippen LogP contribution in [0.2, 0.25) is 0 Å². The smallest absolute Gasteiger partial charge is 0.219 e. The van der Waals surface area contributed by atoms with Gasteiger partial charge in [0, 0.05) is 13.0 Å². The zero-order chi connectivity index (χ0) is 8.53. The van der Waals surface area contributed by atoms with E-state index in [2.05, 4.69) is 10.2 Å². The first kappa shape index (κ1) is 10.4. The Kier molecular flexibility index (Phi) is 7.08. The highest BCUT2D eigenvalue weighted by molar-refractivity contribution is 5.75. The molecule has 0 heterocycles. The maximum atomic E-state index is 10.8. The molecule has 0 aliphatic rings. The molecule has 0 spiro atoms. The molecule has 0 aromatic carbocycles. The van der Waals surface area contributed by atoms with Crippen molar-refractivity contribution in [3.63, 3.8) is 0 Å². The van der Waals surface area contributed by atoms with Gasteiger partial charge in [-0.2, -0.15) is 0 Å². The van der Waals surface area contributed by atoms with Gasteiger partial charge in [-0.1, -0.05) is 6.92 Å². The summed E-state index contributed by atoms with van der Waals surface area (Å²) >= 11 is 0. The minimum atomic E-state index is 0.101. The summed E-state index contributed by atoms with van der Waals surface area (Å²) in [5, 5.41) is 2.74. The van der Waals surface area contributed by atoms with Crippen LogP contribution in [-0.2, 0) is 9.63 Å². The van der Waals surface area contributed by atoms with Gasteiger partial charge in [0.05, 0.1) is 6.61 Å². The normalized spacial score (nSPS) is 9.64. The molecular weight excluding hydrogens is 144 g/mol. The Labute approximate surface area is 67.0 Å². The Morgan fingerprint density at radius 2 is 2.36 bits per heavy atom. The highest BCUT2D eigenvalue weighted by Gasteiger charge is 1.96. The Hall–Kier alpha value is -0.610. The highest BCUT2D eigenvalue weighted by atomic mass is 16.6. The van der Waals surface area contributed by atoms with Crippen LogP contribution in [0.25, 0.3) is 0 Å². The first-order chi connectivity index (χ1) is 5.31. The summed E-state index contributed by atoms with van der Waals surface area (Å²) in [7, 11) is 0. The number of nitrogens with one attached hydrogen (secondary N) is 1. The number of hydrogen-bond acceptors (Lipinski definition) is 3. The second-order valence-electron chi connectivity index (χ2n) is 2.32. The van der Waals surface area contributed by atoms with Crippen LogP contribution >= 0.6 is 0 Å². The quantitative estimate of drug-likeness (QED) is 0.430. The summed E-state index contributed by atoms with van der Waals surface area (Å²) in [6.07, 6.45) is 2.26. The van der Waals surface area contributed by atoms with E-state index in [1.807, 2.05) is 6.92 Å². The van der Waals surface area contributed by atoms with Crippen LogP contribution in [0.3, 0.4) is 0 Å². The highest BCUT2D eigenvalue weighted by Crippen LogP contribution is 1.85. The van der Waals surface area contributed by atoms with Gasteiger partial charge in [0.1, 0.15) is 0 Å². The summed E-state index contributed by atoms with van der Waals surface area (Å²) < 4.78 is 0. The Bertz CT molecular complexity index is 107. The van der Waals surface area contributed by atoms with Crippen LogP contribution in [0.1, 0.15) is 26.2 Å². The Morgan fingerprint density at radius 1 is 1.64 bits per heavy atom. The second-order valence-corrected chi connectivity index (χ2v) is 2.32. The van der Waals surface area contributed by atoms with Crippen LogP contribution in [0.5, 0.6) is 0 Å². The number of amides is 1. The van der Waals surface area contributed by atoms with E-state index in [0.717, 1.165) is 12.8 Å². The largest absolute Gasteiger partial charge is 0.356 e. The maximum Gasteiger partial charge on any atom is 0.219 e. The van der Waals surface area contributed by atoms with Gasteiger partial charge in [0.15, 0.2) is 0 Å². The van der Waals surface area contributed by atoms with Crippen molar-refractivity contribution in [2.24, 2.45) is 5.90 Å². The molecule has 0 aromatic heterocycles. The molecule has 0 atom stereocenters. The summed E-state index contributed by atoms with van der Waals surface area (Å²) in [5.41, 5.74) is 0. The minimum absolute atomic E-state index is 0.101. The third kappa shape index (κ3) is 7.29. The fourth-order valence-corrected chi connectivity index (χ4v) is 0.699. The molecule has 1 amide bonds. The lowest BCUT2D eigenvalue weighted by Crippen LogP contribution is -2.24. The molecule has 0 saturated carbocycles. The van der Waals surface area contributed by atoms with Gasteiger partial charge in [0.2, 0.25) is 5.91 Å². The lowest BCUT2D eigenvalue weighted by atomic mass is 10.3. The van der Waals surface area contributed by atoms with Crippen LogP contribution in [0, 0.1) is 0 Å². The zero-order valence-corrected chi connectivity index (χ0v) is 6.93. The molecule has 0 aliphatic carbocycles. The van der Waals surface area contributed by atoms with E-state index in [0.29, 0.717) is 19.6 Å². The molecule has 66 valence electrons. The van der Waals surface area contributed by atoms with Crippen LogP contribution in [0.4, 0.5) is 0 Å². The molecule has 0 radical (unpaired) electrons. The first-order valence-corrected chi connectivity index (χ1v) is 3.89. The van der Waals surface area contributed by atoms with Crippen molar-refractivity contribution in [3.8, 4) is 0 Å². The van der Waals surface area contributed by atoms with E-state index in [-0.39, 0.29) is 5.91 Å². The third-order valence-corrected chi connectivity index (χ3v) is 1.24. The van der Waals surface area contributed by atoms with E-state index in [1.165, 1.54) is 0 Å². The number of carbonyl (C=O) groups is 1. The molecule has 11 heavy (non-hydrogen) atoms. The number of carbonyl (C=O) groups excluding carboxylic acids is 1. The Balaban J connectivity index is 3.04. The molecular formula is C7H16N2O2. The summed E-state index contributed by atoms with van der Waals surface area (Å²) in [5.74, 6) is 4.89. The topological polar surface area (TPSA) is 64.3 Å². The fourth-order valence-electron chi connectivity index (χ4n) is 0.699. The van der Waals surface area contributed by atoms with E-state index in [9.17, 15) is 4.79 Å². The van der Waals surface area contributed by atoms with Crippen molar-refractivity contribution in [1.29, 1.82) is 0 Å². The number of rotatable bonds is 6. The van der Waals surface area contributed by atoms with Crippen molar-refractivity contribution < 1.29 is 9.63 Å². The predicted molar refractivity (Wildman–Crippen MR) is 42.7 cm³/mol. The zero-order valence-electron chi connectivity index (χ0n) is 6.93. The van der Waals surface area contributed by atoms with Gasteiger partial charge in [-0.15, -0.1) is 0 Å². The third-order valence-electron chi connectivity index (χ3n) is 1.24. The van der Waals surface area contributed by atoms with Crippen LogP contribution in [-0.4, -0.2) is 19.1 Å². The molecule has 0 aromatic rings. The van der Waals surface area contributed by atoms with Crippen molar-refractivity contribution in [2.45, 2.75) is 26.2 Å². The molecule has 0 fully saturated rings. The van der Waals surface area contributed by atoms with E-state index in [1.54, 1.807) is 0 Å². The number of nitrogens with two attached hydrogens (primary N) is 1. The monoisotopic (exact) mass is 160 g/mol. The molecule has 0 bridgehead atoms. The average molecular weight is 160 g/mol. The molecule has 0 unspecified atom stereocenters. The van der Waals surface area contributed by atoms with E-state index < -0.39 is 0 Å². The molecule has 4 nitrogen and oxygen atoms in total. The van der Waals surface area contributed by atoms with E-state index >= 15 is 0 Å². The van der Waals surface area contributed by atoms with Crippen LogP contribution in [0.15, 0.2) is 0 Å². The Morgan fingerprint density at radius 3 is 2.91 bits per heavy atom. The molecule has 0 aliphatic heterocycles. The SMILES string of the molecule is CCCC(=O)NCCCON. The average Bonchev–Trinajstić information content (AvgIpc) is 1.99. The second kappa shape index (κ2) is 7.50. The lowest BCUT2D eigenvalue weighted by Gasteiger charge is -2.02. The van der Waals surface area contributed by atoms with Crippen molar-refractivity contribution >= 4 is 5.91 Å².